The number of Topliss-reactive ketones (excluding diaryl/α,β-unsaturated/α-hetero) is 1. The fraction of sp³-hybridized carbons (Fsp3) is 0.917. The first kappa shape index (κ1) is 13.6. The van der Waals surface area contributed by atoms with E-state index in [4.69, 9.17) is 4.74 Å². The van der Waals surface area contributed by atoms with Crippen LogP contribution in [0.4, 0.5) is 0 Å². The Balaban J connectivity index is 4.27. The highest BCUT2D eigenvalue weighted by Crippen LogP contribution is 2.23. The molecule has 2 nitrogen and oxygen atoms in total. The zero-order chi connectivity index (χ0) is 11.2. The Hall–Kier alpha value is -0.370. The van der Waals surface area contributed by atoms with E-state index in [0.29, 0.717) is 12.3 Å². The molecule has 0 aromatic carbocycles. The number of methoxy groups -OCH3 is 1. The van der Waals surface area contributed by atoms with Crippen LogP contribution in [0.1, 0.15) is 53.4 Å². The molecular weight excluding hydrogens is 176 g/mol. The monoisotopic (exact) mass is 200 g/mol. The molecule has 0 radical (unpaired) electrons. The van der Waals surface area contributed by atoms with Gasteiger partial charge >= 0.3 is 0 Å². The summed E-state index contributed by atoms with van der Waals surface area (Å²) in [5, 5.41) is 0. The molecule has 0 amide bonds. The zero-order valence-electron chi connectivity index (χ0n) is 10.2. The topological polar surface area (TPSA) is 26.3 Å². The number of carbonyl (C=O) groups is 1. The molecule has 1 unspecified atom stereocenters. The van der Waals surface area contributed by atoms with Crippen molar-refractivity contribution in [2.45, 2.75) is 59.0 Å². The van der Waals surface area contributed by atoms with E-state index in [-0.39, 0.29) is 5.78 Å². The Morgan fingerprint density at radius 1 is 1.43 bits per heavy atom. The molecule has 0 saturated carbocycles. The van der Waals surface area contributed by atoms with Crippen LogP contribution in [-0.2, 0) is 9.53 Å². The van der Waals surface area contributed by atoms with Gasteiger partial charge in [-0.3, -0.25) is 4.79 Å². The minimum atomic E-state index is -0.566. The Morgan fingerprint density at radius 3 is 2.36 bits per heavy atom. The van der Waals surface area contributed by atoms with Gasteiger partial charge in [0.05, 0.1) is 0 Å². The lowest BCUT2D eigenvalue weighted by Crippen LogP contribution is -2.38. The second-order valence-corrected chi connectivity index (χ2v) is 4.56. The number of unbranched alkanes of at least 4 members (excludes halogenated alkanes) is 1. The van der Waals surface area contributed by atoms with Crippen molar-refractivity contribution in [3.05, 3.63) is 0 Å². The second-order valence-electron chi connectivity index (χ2n) is 4.56. The molecule has 0 heterocycles. The molecule has 0 bridgehead atoms. The predicted molar refractivity (Wildman–Crippen MR) is 59.4 cm³/mol. The molecule has 0 aromatic heterocycles. The Labute approximate surface area is 88.0 Å². The van der Waals surface area contributed by atoms with E-state index in [1.807, 2.05) is 6.92 Å². The summed E-state index contributed by atoms with van der Waals surface area (Å²) in [5.74, 6) is 0.737. The molecule has 84 valence electrons. The number of ether oxygens (including phenoxy) is 1. The molecule has 0 aliphatic rings. The Bertz CT molecular complexity index is 175. The van der Waals surface area contributed by atoms with E-state index in [0.717, 1.165) is 19.3 Å². The molecule has 0 aliphatic heterocycles. The number of ketones is 1. The minimum absolute atomic E-state index is 0.246. The van der Waals surface area contributed by atoms with Gasteiger partial charge in [0.25, 0.3) is 0 Å². The summed E-state index contributed by atoms with van der Waals surface area (Å²) in [4.78, 5) is 11.9. The van der Waals surface area contributed by atoms with E-state index in [9.17, 15) is 4.79 Å². The average molecular weight is 200 g/mol. The summed E-state index contributed by atoms with van der Waals surface area (Å²) >= 11 is 0. The van der Waals surface area contributed by atoms with Gasteiger partial charge in [-0.2, -0.15) is 0 Å². The lowest BCUT2D eigenvalue weighted by molar-refractivity contribution is -0.141. The molecular formula is C12H24O2. The van der Waals surface area contributed by atoms with Gasteiger partial charge in [-0.05, 0) is 25.7 Å². The summed E-state index contributed by atoms with van der Waals surface area (Å²) in [7, 11) is 1.63. The second kappa shape index (κ2) is 6.18. The average Bonchev–Trinajstić information content (AvgIpc) is 2.12. The van der Waals surface area contributed by atoms with E-state index >= 15 is 0 Å². The molecule has 0 N–H and O–H groups in total. The van der Waals surface area contributed by atoms with Crippen molar-refractivity contribution in [1.82, 2.24) is 0 Å². The van der Waals surface area contributed by atoms with Gasteiger partial charge in [0.15, 0.2) is 5.78 Å². The predicted octanol–water partition coefficient (Wildman–Crippen LogP) is 3.20. The van der Waals surface area contributed by atoms with Crippen LogP contribution < -0.4 is 0 Å². The number of rotatable bonds is 7. The third-order valence-corrected chi connectivity index (χ3v) is 2.60. The lowest BCUT2D eigenvalue weighted by atomic mass is 9.88. The summed E-state index contributed by atoms with van der Waals surface area (Å²) in [5.41, 5.74) is -0.566. The molecule has 0 aliphatic carbocycles. The van der Waals surface area contributed by atoms with E-state index < -0.39 is 5.60 Å². The molecule has 0 saturated heterocycles. The van der Waals surface area contributed by atoms with Crippen molar-refractivity contribution in [2.24, 2.45) is 5.92 Å². The van der Waals surface area contributed by atoms with Gasteiger partial charge in [-0.25, -0.2) is 0 Å². The fourth-order valence-corrected chi connectivity index (χ4v) is 1.69. The van der Waals surface area contributed by atoms with Crippen molar-refractivity contribution in [2.75, 3.05) is 7.11 Å². The largest absolute Gasteiger partial charge is 0.371 e. The van der Waals surface area contributed by atoms with Gasteiger partial charge in [0.1, 0.15) is 5.60 Å². The van der Waals surface area contributed by atoms with Gasteiger partial charge in [-0.1, -0.05) is 27.2 Å². The van der Waals surface area contributed by atoms with Crippen LogP contribution in [0.3, 0.4) is 0 Å². The SMILES string of the molecule is CCCCC(=O)C(C)(CC(C)C)OC. The number of hydrogen-bond donors (Lipinski definition) is 0. The van der Waals surface area contributed by atoms with Crippen LogP contribution >= 0.6 is 0 Å². The molecule has 0 aromatic rings. The van der Waals surface area contributed by atoms with E-state index in [1.54, 1.807) is 7.11 Å². The van der Waals surface area contributed by atoms with Crippen molar-refractivity contribution in [3.8, 4) is 0 Å². The van der Waals surface area contributed by atoms with Gasteiger partial charge in [-0.15, -0.1) is 0 Å². The zero-order valence-corrected chi connectivity index (χ0v) is 10.2. The van der Waals surface area contributed by atoms with Crippen molar-refractivity contribution in [1.29, 1.82) is 0 Å². The number of hydrogen-bond acceptors (Lipinski definition) is 2. The first-order valence-electron chi connectivity index (χ1n) is 5.54. The van der Waals surface area contributed by atoms with Gasteiger partial charge in [0, 0.05) is 13.5 Å². The van der Waals surface area contributed by atoms with Crippen LogP contribution in [-0.4, -0.2) is 18.5 Å². The first-order valence-corrected chi connectivity index (χ1v) is 5.54. The smallest absolute Gasteiger partial charge is 0.164 e. The van der Waals surface area contributed by atoms with Crippen molar-refractivity contribution >= 4 is 5.78 Å². The van der Waals surface area contributed by atoms with Gasteiger partial charge in [0.2, 0.25) is 0 Å². The molecule has 0 fully saturated rings. The van der Waals surface area contributed by atoms with Crippen LogP contribution in [0, 0.1) is 5.92 Å². The minimum Gasteiger partial charge on any atom is -0.371 e. The van der Waals surface area contributed by atoms with E-state index in [2.05, 4.69) is 20.8 Å². The summed E-state index contributed by atoms with van der Waals surface area (Å²) in [6.45, 7) is 8.24. The van der Waals surface area contributed by atoms with Crippen LogP contribution in [0.5, 0.6) is 0 Å². The Kier molecular flexibility index (Phi) is 6.01. The number of carbonyl (C=O) groups excluding carboxylic acids is 1. The fourth-order valence-electron chi connectivity index (χ4n) is 1.69. The quantitative estimate of drug-likeness (QED) is 0.631. The summed E-state index contributed by atoms with van der Waals surface area (Å²) in [6.07, 6.45) is 3.49. The standard InChI is InChI=1S/C12H24O2/c1-6-7-8-11(13)12(4,14-5)9-10(2)3/h10H,6-9H2,1-5H3. The highest BCUT2D eigenvalue weighted by Gasteiger charge is 2.32. The third-order valence-electron chi connectivity index (χ3n) is 2.60. The summed E-state index contributed by atoms with van der Waals surface area (Å²) < 4.78 is 5.36. The molecule has 0 rings (SSSR count). The Morgan fingerprint density at radius 2 is 2.00 bits per heavy atom. The maximum absolute atomic E-state index is 11.9. The van der Waals surface area contributed by atoms with E-state index in [1.165, 1.54) is 0 Å². The highest BCUT2D eigenvalue weighted by molar-refractivity contribution is 5.86. The maximum Gasteiger partial charge on any atom is 0.164 e. The van der Waals surface area contributed by atoms with Crippen LogP contribution in [0.15, 0.2) is 0 Å². The lowest BCUT2D eigenvalue weighted by Gasteiger charge is -2.28. The van der Waals surface area contributed by atoms with Crippen LogP contribution in [0.2, 0.25) is 0 Å². The van der Waals surface area contributed by atoms with Crippen molar-refractivity contribution in [3.63, 3.8) is 0 Å². The maximum atomic E-state index is 11.9. The third kappa shape index (κ3) is 4.23. The molecule has 2 heteroatoms. The summed E-state index contributed by atoms with van der Waals surface area (Å²) in [6, 6.07) is 0. The van der Waals surface area contributed by atoms with Crippen molar-refractivity contribution < 1.29 is 9.53 Å². The molecule has 0 spiro atoms. The first-order chi connectivity index (χ1) is 6.46. The van der Waals surface area contributed by atoms with Gasteiger partial charge < -0.3 is 4.74 Å². The highest BCUT2D eigenvalue weighted by atomic mass is 16.5. The molecule has 14 heavy (non-hydrogen) atoms. The molecule has 1 atom stereocenters. The van der Waals surface area contributed by atoms with Crippen LogP contribution in [0.25, 0.3) is 0 Å². The normalized spacial score (nSPS) is 15.6.